The number of anilines is 1. The Morgan fingerprint density at radius 2 is 2.00 bits per heavy atom. The van der Waals surface area contributed by atoms with E-state index >= 15 is 0 Å². The Bertz CT molecular complexity index is 627. The van der Waals surface area contributed by atoms with Crippen LogP contribution in [0.4, 0.5) is 10.3 Å². The van der Waals surface area contributed by atoms with Gasteiger partial charge in [0.05, 0.1) is 11.6 Å². The molecule has 1 aromatic carbocycles. The highest BCUT2D eigenvalue weighted by Gasteiger charge is 2.10. The summed E-state index contributed by atoms with van der Waals surface area (Å²) in [6, 6.07) is 4.47. The SMILES string of the molecule is CCCNc1nc(OC)nc(Oc2ccc(F)c(Br)c2)n1. The van der Waals surface area contributed by atoms with Crippen LogP contribution >= 0.6 is 15.9 Å². The molecular formula is C13H14BrFN4O2. The average Bonchev–Trinajstić information content (AvgIpc) is 2.48. The number of hydrogen-bond acceptors (Lipinski definition) is 6. The van der Waals surface area contributed by atoms with E-state index in [1.165, 1.54) is 25.3 Å². The van der Waals surface area contributed by atoms with Crippen molar-refractivity contribution in [3.05, 3.63) is 28.5 Å². The van der Waals surface area contributed by atoms with Crippen LogP contribution in [-0.2, 0) is 0 Å². The molecule has 0 atom stereocenters. The van der Waals surface area contributed by atoms with Crippen LogP contribution in [0.5, 0.6) is 17.8 Å². The van der Waals surface area contributed by atoms with Gasteiger partial charge in [-0.25, -0.2) is 4.39 Å². The van der Waals surface area contributed by atoms with Crippen molar-refractivity contribution in [3.8, 4) is 17.8 Å². The fourth-order valence-electron chi connectivity index (χ4n) is 1.44. The minimum atomic E-state index is -0.374. The number of ether oxygens (including phenoxy) is 2. The molecule has 0 unspecified atom stereocenters. The smallest absolute Gasteiger partial charge is 0.330 e. The number of halogens is 2. The van der Waals surface area contributed by atoms with Gasteiger partial charge < -0.3 is 14.8 Å². The Morgan fingerprint density at radius 3 is 2.67 bits per heavy atom. The first-order chi connectivity index (χ1) is 10.1. The van der Waals surface area contributed by atoms with Gasteiger partial charge in [0.15, 0.2) is 0 Å². The fraction of sp³-hybridized carbons (Fsp3) is 0.308. The zero-order valence-electron chi connectivity index (χ0n) is 11.6. The quantitative estimate of drug-likeness (QED) is 0.855. The maximum absolute atomic E-state index is 13.2. The standard InChI is InChI=1S/C13H14BrFN4O2/c1-3-6-16-11-17-12(20-2)19-13(18-11)21-8-4-5-10(15)9(14)7-8/h4-5,7H,3,6H2,1-2H3,(H,16,17,18,19). The molecular weight excluding hydrogens is 343 g/mol. The Balaban J connectivity index is 2.23. The Hall–Kier alpha value is -1.96. The lowest BCUT2D eigenvalue weighted by molar-refractivity contribution is 0.360. The average molecular weight is 357 g/mol. The van der Waals surface area contributed by atoms with Crippen LogP contribution in [0.2, 0.25) is 0 Å². The highest BCUT2D eigenvalue weighted by atomic mass is 79.9. The van der Waals surface area contributed by atoms with Crippen LogP contribution in [0.1, 0.15) is 13.3 Å². The maximum atomic E-state index is 13.2. The van der Waals surface area contributed by atoms with Gasteiger partial charge in [-0.15, -0.1) is 4.98 Å². The summed E-state index contributed by atoms with van der Waals surface area (Å²) in [7, 11) is 1.46. The van der Waals surface area contributed by atoms with Crippen molar-refractivity contribution in [2.45, 2.75) is 13.3 Å². The van der Waals surface area contributed by atoms with Crippen molar-refractivity contribution in [2.75, 3.05) is 19.0 Å². The molecule has 2 rings (SSSR count). The van der Waals surface area contributed by atoms with Crippen molar-refractivity contribution in [3.63, 3.8) is 0 Å². The summed E-state index contributed by atoms with van der Waals surface area (Å²) in [5.74, 6) is 0.388. The van der Waals surface area contributed by atoms with Crippen LogP contribution < -0.4 is 14.8 Å². The predicted octanol–water partition coefficient (Wildman–Crippen LogP) is 3.40. The van der Waals surface area contributed by atoms with E-state index in [1.54, 1.807) is 0 Å². The number of methoxy groups -OCH3 is 1. The van der Waals surface area contributed by atoms with E-state index < -0.39 is 0 Å². The lowest BCUT2D eigenvalue weighted by atomic mass is 10.3. The van der Waals surface area contributed by atoms with Gasteiger partial charge in [-0.3, -0.25) is 0 Å². The van der Waals surface area contributed by atoms with Crippen LogP contribution in [-0.4, -0.2) is 28.6 Å². The van der Waals surface area contributed by atoms with E-state index in [-0.39, 0.29) is 17.8 Å². The summed E-state index contributed by atoms with van der Waals surface area (Å²) in [4.78, 5) is 12.2. The van der Waals surface area contributed by atoms with Gasteiger partial charge in [0.1, 0.15) is 11.6 Å². The molecule has 0 aliphatic heterocycles. The van der Waals surface area contributed by atoms with Gasteiger partial charge in [-0.1, -0.05) is 6.92 Å². The zero-order valence-corrected chi connectivity index (χ0v) is 13.1. The maximum Gasteiger partial charge on any atom is 0.330 e. The third-order valence-corrected chi connectivity index (χ3v) is 3.02. The summed E-state index contributed by atoms with van der Waals surface area (Å²) < 4.78 is 24.0. The molecule has 112 valence electrons. The molecule has 21 heavy (non-hydrogen) atoms. The molecule has 1 N–H and O–H groups in total. The molecule has 2 aromatic rings. The summed E-state index contributed by atoms with van der Waals surface area (Å²) in [5, 5.41) is 3.02. The monoisotopic (exact) mass is 356 g/mol. The highest BCUT2D eigenvalue weighted by molar-refractivity contribution is 9.10. The second-order valence-electron chi connectivity index (χ2n) is 4.03. The molecule has 1 aromatic heterocycles. The van der Waals surface area contributed by atoms with Crippen molar-refractivity contribution in [1.82, 2.24) is 15.0 Å². The van der Waals surface area contributed by atoms with Gasteiger partial charge in [0.25, 0.3) is 0 Å². The molecule has 8 heteroatoms. The van der Waals surface area contributed by atoms with E-state index in [4.69, 9.17) is 9.47 Å². The van der Waals surface area contributed by atoms with Gasteiger partial charge >= 0.3 is 12.0 Å². The number of rotatable bonds is 6. The first kappa shape index (κ1) is 15.4. The van der Waals surface area contributed by atoms with Gasteiger partial charge in [0.2, 0.25) is 5.95 Å². The lowest BCUT2D eigenvalue weighted by Crippen LogP contribution is -2.07. The van der Waals surface area contributed by atoms with Gasteiger partial charge in [-0.05, 0) is 40.5 Å². The first-order valence-electron chi connectivity index (χ1n) is 6.29. The normalized spacial score (nSPS) is 10.3. The van der Waals surface area contributed by atoms with Gasteiger partial charge in [-0.2, -0.15) is 9.97 Å². The molecule has 0 amide bonds. The van der Waals surface area contributed by atoms with E-state index in [0.717, 1.165) is 6.42 Å². The molecule has 0 fully saturated rings. The summed E-state index contributed by atoms with van der Waals surface area (Å²) in [5.41, 5.74) is 0. The molecule has 0 spiro atoms. The summed E-state index contributed by atoms with van der Waals surface area (Å²) in [6.45, 7) is 2.74. The first-order valence-corrected chi connectivity index (χ1v) is 7.08. The Labute approximate surface area is 129 Å². The highest BCUT2D eigenvalue weighted by Crippen LogP contribution is 2.25. The lowest BCUT2D eigenvalue weighted by Gasteiger charge is -2.08. The van der Waals surface area contributed by atoms with E-state index in [1.807, 2.05) is 6.92 Å². The van der Waals surface area contributed by atoms with Crippen LogP contribution in [0.3, 0.4) is 0 Å². The number of nitrogens with zero attached hydrogens (tertiary/aromatic N) is 3. The van der Waals surface area contributed by atoms with Crippen molar-refractivity contribution in [1.29, 1.82) is 0 Å². The van der Waals surface area contributed by atoms with Crippen molar-refractivity contribution >= 4 is 21.9 Å². The predicted molar refractivity (Wildman–Crippen MR) is 79.3 cm³/mol. The molecule has 0 saturated heterocycles. The van der Waals surface area contributed by atoms with Gasteiger partial charge in [0, 0.05) is 6.54 Å². The third kappa shape index (κ3) is 4.25. The third-order valence-electron chi connectivity index (χ3n) is 2.41. The molecule has 0 radical (unpaired) electrons. The second-order valence-corrected chi connectivity index (χ2v) is 4.89. The van der Waals surface area contributed by atoms with Crippen LogP contribution in [0.25, 0.3) is 0 Å². The topological polar surface area (TPSA) is 69.2 Å². The molecule has 6 nitrogen and oxygen atoms in total. The summed E-state index contributed by atoms with van der Waals surface area (Å²) >= 11 is 3.09. The van der Waals surface area contributed by atoms with E-state index in [9.17, 15) is 4.39 Å². The fourth-order valence-corrected chi connectivity index (χ4v) is 1.79. The number of aromatic nitrogens is 3. The largest absolute Gasteiger partial charge is 0.467 e. The molecule has 1 heterocycles. The summed E-state index contributed by atoms with van der Waals surface area (Å²) in [6.07, 6.45) is 0.926. The zero-order chi connectivity index (χ0) is 15.2. The number of hydrogen-bond donors (Lipinski definition) is 1. The second kappa shape index (κ2) is 7.16. The molecule has 0 aliphatic rings. The Kier molecular flexibility index (Phi) is 5.26. The van der Waals surface area contributed by atoms with Crippen LogP contribution in [0.15, 0.2) is 22.7 Å². The molecule has 0 bridgehead atoms. The van der Waals surface area contributed by atoms with Crippen LogP contribution in [0, 0.1) is 5.82 Å². The Morgan fingerprint density at radius 1 is 1.24 bits per heavy atom. The van der Waals surface area contributed by atoms with E-state index in [2.05, 4.69) is 36.2 Å². The number of benzene rings is 1. The minimum Gasteiger partial charge on any atom is -0.467 e. The van der Waals surface area contributed by atoms with Crippen molar-refractivity contribution < 1.29 is 13.9 Å². The number of nitrogens with one attached hydrogen (secondary N) is 1. The molecule has 0 aliphatic carbocycles. The van der Waals surface area contributed by atoms with E-state index in [0.29, 0.717) is 22.7 Å². The minimum absolute atomic E-state index is 0.0685. The molecule has 0 saturated carbocycles. The van der Waals surface area contributed by atoms with Crippen molar-refractivity contribution in [2.24, 2.45) is 0 Å².